The molecule has 0 saturated carbocycles. The minimum atomic E-state index is 0.454. The second kappa shape index (κ2) is 8.31. The zero-order valence-corrected chi connectivity index (χ0v) is 9.47. The van der Waals surface area contributed by atoms with E-state index in [-0.39, 0.29) is 0 Å². The fourth-order valence-corrected chi connectivity index (χ4v) is 1.38. The normalized spacial score (nSPS) is 15.3. The van der Waals surface area contributed by atoms with Crippen molar-refractivity contribution in [2.75, 3.05) is 6.54 Å². The van der Waals surface area contributed by atoms with Gasteiger partial charge in [0.1, 0.15) is 0 Å². The molecule has 78 valence electrons. The van der Waals surface area contributed by atoms with Crippen molar-refractivity contribution in [2.45, 2.75) is 52.5 Å². The van der Waals surface area contributed by atoms with Crippen LogP contribution in [0.4, 0.5) is 0 Å². The van der Waals surface area contributed by atoms with Crippen LogP contribution >= 0.6 is 0 Å². The van der Waals surface area contributed by atoms with Crippen molar-refractivity contribution in [3.63, 3.8) is 0 Å². The molecule has 0 rings (SSSR count). The molecule has 13 heavy (non-hydrogen) atoms. The Morgan fingerprint density at radius 1 is 1.38 bits per heavy atom. The Kier molecular flexibility index (Phi) is 8.11. The smallest absolute Gasteiger partial charge is 0.0219 e. The monoisotopic (exact) mass is 183 g/mol. The van der Waals surface area contributed by atoms with Gasteiger partial charge in [-0.2, -0.15) is 0 Å². The molecular weight excluding hydrogens is 158 g/mol. The van der Waals surface area contributed by atoms with Crippen molar-refractivity contribution in [3.8, 4) is 0 Å². The summed E-state index contributed by atoms with van der Waals surface area (Å²) in [6.45, 7) is 11.6. The average molecular weight is 183 g/mol. The minimum absolute atomic E-state index is 0.454. The maximum atomic E-state index is 3.76. The fourth-order valence-electron chi connectivity index (χ4n) is 1.38. The van der Waals surface area contributed by atoms with Gasteiger partial charge in [0, 0.05) is 6.04 Å². The van der Waals surface area contributed by atoms with Gasteiger partial charge in [0.25, 0.3) is 0 Å². The molecule has 0 spiro atoms. The van der Waals surface area contributed by atoms with Gasteiger partial charge >= 0.3 is 0 Å². The van der Waals surface area contributed by atoms with Crippen molar-refractivity contribution in [1.82, 2.24) is 5.32 Å². The van der Waals surface area contributed by atoms with E-state index in [1.807, 2.05) is 6.08 Å². The van der Waals surface area contributed by atoms with Crippen LogP contribution in [0.5, 0.6) is 0 Å². The van der Waals surface area contributed by atoms with E-state index >= 15 is 0 Å². The molecule has 0 aliphatic rings. The molecule has 0 aliphatic carbocycles. The van der Waals surface area contributed by atoms with Gasteiger partial charge in [-0.25, -0.2) is 0 Å². The standard InChI is InChI=1S/C12H25N/c1-5-8-9-12(7-3)10-13-11(4)6-2/h6,11-13H,2,5,7-10H2,1,3-4H3. The molecule has 0 fully saturated rings. The lowest BCUT2D eigenvalue weighted by Gasteiger charge is -2.17. The van der Waals surface area contributed by atoms with Gasteiger partial charge in [0.15, 0.2) is 0 Å². The Labute approximate surface area is 83.6 Å². The first kappa shape index (κ1) is 12.7. The largest absolute Gasteiger partial charge is 0.311 e. The molecular formula is C12H25N. The third-order valence-electron chi connectivity index (χ3n) is 2.63. The second-order valence-electron chi connectivity index (χ2n) is 3.85. The summed E-state index contributed by atoms with van der Waals surface area (Å²) in [5.41, 5.74) is 0. The summed E-state index contributed by atoms with van der Waals surface area (Å²) in [4.78, 5) is 0. The minimum Gasteiger partial charge on any atom is -0.311 e. The zero-order valence-electron chi connectivity index (χ0n) is 9.47. The van der Waals surface area contributed by atoms with Gasteiger partial charge in [-0.05, 0) is 25.8 Å². The van der Waals surface area contributed by atoms with E-state index in [4.69, 9.17) is 0 Å². The van der Waals surface area contributed by atoms with Crippen molar-refractivity contribution in [1.29, 1.82) is 0 Å². The van der Waals surface area contributed by atoms with Crippen LogP contribution in [0.3, 0.4) is 0 Å². The number of hydrogen-bond acceptors (Lipinski definition) is 1. The molecule has 0 aromatic rings. The lowest BCUT2D eigenvalue weighted by atomic mass is 9.99. The quantitative estimate of drug-likeness (QED) is 0.569. The fraction of sp³-hybridized carbons (Fsp3) is 0.833. The Morgan fingerprint density at radius 2 is 2.08 bits per heavy atom. The highest BCUT2D eigenvalue weighted by molar-refractivity contribution is 4.81. The molecule has 0 aliphatic heterocycles. The van der Waals surface area contributed by atoms with E-state index in [2.05, 4.69) is 32.7 Å². The first-order chi connectivity index (χ1) is 6.24. The van der Waals surface area contributed by atoms with Gasteiger partial charge in [0.05, 0.1) is 0 Å². The summed E-state index contributed by atoms with van der Waals surface area (Å²) >= 11 is 0. The SMILES string of the molecule is C=CC(C)NCC(CC)CCCC. The van der Waals surface area contributed by atoms with E-state index in [1.165, 1.54) is 25.7 Å². The highest BCUT2D eigenvalue weighted by Gasteiger charge is 2.05. The lowest BCUT2D eigenvalue weighted by Crippen LogP contribution is -2.29. The first-order valence-corrected chi connectivity index (χ1v) is 5.60. The Hall–Kier alpha value is -0.300. The highest BCUT2D eigenvalue weighted by atomic mass is 14.9. The van der Waals surface area contributed by atoms with Crippen LogP contribution in [0, 0.1) is 5.92 Å². The maximum Gasteiger partial charge on any atom is 0.0219 e. The third-order valence-corrected chi connectivity index (χ3v) is 2.63. The van der Waals surface area contributed by atoms with Crippen molar-refractivity contribution < 1.29 is 0 Å². The molecule has 2 atom stereocenters. The molecule has 0 aromatic carbocycles. The van der Waals surface area contributed by atoms with Gasteiger partial charge in [-0.1, -0.05) is 39.2 Å². The van der Waals surface area contributed by atoms with E-state index in [0.717, 1.165) is 12.5 Å². The molecule has 0 heterocycles. The van der Waals surface area contributed by atoms with Crippen molar-refractivity contribution in [3.05, 3.63) is 12.7 Å². The summed E-state index contributed by atoms with van der Waals surface area (Å²) in [6.07, 6.45) is 7.30. The first-order valence-electron chi connectivity index (χ1n) is 5.60. The predicted octanol–water partition coefficient (Wildman–Crippen LogP) is 3.37. The van der Waals surface area contributed by atoms with Crippen LogP contribution < -0.4 is 5.32 Å². The molecule has 0 bridgehead atoms. The molecule has 1 heteroatoms. The van der Waals surface area contributed by atoms with E-state index < -0.39 is 0 Å². The molecule has 0 saturated heterocycles. The van der Waals surface area contributed by atoms with Crippen molar-refractivity contribution >= 4 is 0 Å². The molecule has 1 N–H and O–H groups in total. The summed E-state index contributed by atoms with van der Waals surface area (Å²) in [7, 11) is 0. The Morgan fingerprint density at radius 3 is 2.54 bits per heavy atom. The molecule has 0 amide bonds. The second-order valence-corrected chi connectivity index (χ2v) is 3.85. The summed E-state index contributed by atoms with van der Waals surface area (Å²) in [5, 5.41) is 3.47. The Balaban J connectivity index is 3.52. The zero-order chi connectivity index (χ0) is 10.1. The van der Waals surface area contributed by atoms with Gasteiger partial charge < -0.3 is 5.32 Å². The van der Waals surface area contributed by atoms with Crippen LogP contribution in [0.15, 0.2) is 12.7 Å². The summed E-state index contributed by atoms with van der Waals surface area (Å²) < 4.78 is 0. The molecule has 1 nitrogen and oxygen atoms in total. The van der Waals surface area contributed by atoms with Gasteiger partial charge in [-0.3, -0.25) is 0 Å². The van der Waals surface area contributed by atoms with Crippen LogP contribution in [-0.4, -0.2) is 12.6 Å². The van der Waals surface area contributed by atoms with E-state index in [9.17, 15) is 0 Å². The number of unbranched alkanes of at least 4 members (excludes halogenated alkanes) is 1. The summed E-state index contributed by atoms with van der Waals surface area (Å²) in [5.74, 6) is 0.849. The number of nitrogens with one attached hydrogen (secondary N) is 1. The van der Waals surface area contributed by atoms with E-state index in [0.29, 0.717) is 6.04 Å². The van der Waals surface area contributed by atoms with Crippen LogP contribution in [-0.2, 0) is 0 Å². The lowest BCUT2D eigenvalue weighted by molar-refractivity contribution is 0.411. The van der Waals surface area contributed by atoms with Gasteiger partial charge in [0.2, 0.25) is 0 Å². The Bertz CT molecular complexity index is 120. The molecule has 0 radical (unpaired) electrons. The number of rotatable bonds is 8. The van der Waals surface area contributed by atoms with Gasteiger partial charge in [-0.15, -0.1) is 6.58 Å². The topological polar surface area (TPSA) is 12.0 Å². The van der Waals surface area contributed by atoms with Crippen LogP contribution in [0.2, 0.25) is 0 Å². The van der Waals surface area contributed by atoms with Crippen LogP contribution in [0.1, 0.15) is 46.5 Å². The van der Waals surface area contributed by atoms with Crippen LogP contribution in [0.25, 0.3) is 0 Å². The summed E-state index contributed by atoms with van der Waals surface area (Å²) in [6, 6.07) is 0.454. The number of hydrogen-bond donors (Lipinski definition) is 1. The predicted molar refractivity (Wildman–Crippen MR) is 61.0 cm³/mol. The third kappa shape index (κ3) is 6.83. The molecule has 2 unspecified atom stereocenters. The average Bonchev–Trinajstić information content (AvgIpc) is 2.17. The van der Waals surface area contributed by atoms with Crippen molar-refractivity contribution in [2.24, 2.45) is 5.92 Å². The highest BCUT2D eigenvalue weighted by Crippen LogP contribution is 2.11. The maximum absolute atomic E-state index is 3.76. The molecule has 0 aromatic heterocycles. The van der Waals surface area contributed by atoms with E-state index in [1.54, 1.807) is 0 Å².